The summed E-state index contributed by atoms with van der Waals surface area (Å²) in [7, 11) is 0. The van der Waals surface area contributed by atoms with Crippen LogP contribution in [0.3, 0.4) is 0 Å². The molecule has 0 heterocycles. The lowest BCUT2D eigenvalue weighted by atomic mass is 10.2. The molecule has 0 bridgehead atoms. The fourth-order valence-corrected chi connectivity index (χ4v) is 1.28. The summed E-state index contributed by atoms with van der Waals surface area (Å²) in [6.45, 7) is 3.74. The monoisotopic (exact) mass is 241 g/mol. The number of halogens is 3. The average Bonchev–Trinajstić information content (AvgIpc) is 2.25. The molecule has 0 aliphatic heterocycles. The minimum atomic E-state index is -4.32. The molecule has 0 aliphatic carbocycles. The zero-order valence-electron chi connectivity index (χ0n) is 9.75. The smallest absolute Gasteiger partial charge is 0.254 e. The Hall–Kier alpha value is -1.58. The fraction of sp³-hybridized carbons (Fsp3) is 0.308. The number of nitrogens with zero attached hydrogens (tertiary/aromatic N) is 1. The molecular formula is C13H14F3N. The molecule has 0 fully saturated rings. The maximum atomic E-state index is 12.4. The molecule has 0 atom stereocenters. The van der Waals surface area contributed by atoms with Gasteiger partial charge in [0.15, 0.2) is 0 Å². The van der Waals surface area contributed by atoms with Gasteiger partial charge in [-0.2, -0.15) is 13.2 Å². The molecule has 0 spiro atoms. The second-order valence-corrected chi connectivity index (χ2v) is 3.61. The molecule has 1 aromatic rings. The van der Waals surface area contributed by atoms with Crippen molar-refractivity contribution in [1.82, 2.24) is 0 Å². The number of aliphatic imine (C=N–C) groups is 1. The Morgan fingerprint density at radius 1 is 1.35 bits per heavy atom. The van der Waals surface area contributed by atoms with Crippen LogP contribution in [0.15, 0.2) is 41.4 Å². The Kier molecular flexibility index (Phi) is 4.49. The van der Waals surface area contributed by atoms with Crippen molar-refractivity contribution in [2.45, 2.75) is 26.4 Å². The third-order valence-corrected chi connectivity index (χ3v) is 2.07. The van der Waals surface area contributed by atoms with Gasteiger partial charge in [0.25, 0.3) is 0 Å². The van der Waals surface area contributed by atoms with E-state index in [1.807, 2.05) is 13.0 Å². The summed E-state index contributed by atoms with van der Waals surface area (Å²) < 4.78 is 37.3. The van der Waals surface area contributed by atoms with Gasteiger partial charge in [-0.05, 0) is 37.6 Å². The van der Waals surface area contributed by atoms with Crippen molar-refractivity contribution in [3.63, 3.8) is 0 Å². The van der Waals surface area contributed by atoms with Gasteiger partial charge in [-0.3, -0.25) is 4.99 Å². The lowest BCUT2D eigenvalue weighted by Gasteiger charge is -2.06. The quantitative estimate of drug-likeness (QED) is 0.676. The van der Waals surface area contributed by atoms with Crippen LogP contribution >= 0.6 is 0 Å². The van der Waals surface area contributed by atoms with E-state index in [4.69, 9.17) is 0 Å². The molecule has 17 heavy (non-hydrogen) atoms. The minimum absolute atomic E-state index is 0.318. The number of benzene rings is 1. The molecule has 1 rings (SSSR count). The summed E-state index contributed by atoms with van der Waals surface area (Å²) in [5.74, 6) is 0. The Morgan fingerprint density at radius 2 is 2.06 bits per heavy atom. The van der Waals surface area contributed by atoms with Crippen molar-refractivity contribution in [2.75, 3.05) is 0 Å². The van der Waals surface area contributed by atoms with Gasteiger partial charge in [0.05, 0.1) is 11.3 Å². The lowest BCUT2D eigenvalue weighted by Crippen LogP contribution is -2.03. The average molecular weight is 241 g/mol. The number of rotatable bonds is 3. The highest BCUT2D eigenvalue weighted by Gasteiger charge is 2.30. The molecule has 0 N–H and O–H groups in total. The first-order chi connectivity index (χ1) is 7.93. The second kappa shape index (κ2) is 5.66. The number of allylic oxidation sites excluding steroid dienone is 2. The van der Waals surface area contributed by atoms with Crippen LogP contribution in [0.5, 0.6) is 0 Å². The van der Waals surface area contributed by atoms with E-state index in [2.05, 4.69) is 4.99 Å². The van der Waals surface area contributed by atoms with Crippen molar-refractivity contribution in [3.05, 3.63) is 42.0 Å². The van der Waals surface area contributed by atoms with Gasteiger partial charge < -0.3 is 0 Å². The third-order valence-electron chi connectivity index (χ3n) is 2.07. The molecule has 0 saturated heterocycles. The van der Waals surface area contributed by atoms with Gasteiger partial charge in [0, 0.05) is 5.71 Å². The normalized spacial score (nSPS) is 13.4. The molecule has 0 unspecified atom stereocenters. The number of hydrogen-bond acceptors (Lipinski definition) is 1. The molecular weight excluding hydrogens is 227 g/mol. The molecule has 0 amide bonds. The molecule has 0 radical (unpaired) electrons. The molecule has 4 heteroatoms. The highest BCUT2D eigenvalue weighted by Crippen LogP contribution is 2.31. The summed E-state index contributed by atoms with van der Waals surface area (Å²) in [5, 5.41) is 0. The molecule has 0 aromatic heterocycles. The summed E-state index contributed by atoms with van der Waals surface area (Å²) in [6, 6.07) is 5.00. The Balaban J connectivity index is 2.97. The molecule has 92 valence electrons. The predicted octanol–water partition coefficient (Wildman–Crippen LogP) is 4.76. The van der Waals surface area contributed by atoms with Crippen molar-refractivity contribution >= 4 is 11.4 Å². The fourth-order valence-electron chi connectivity index (χ4n) is 1.28. The van der Waals surface area contributed by atoms with Crippen LogP contribution in [0.4, 0.5) is 18.9 Å². The SMILES string of the molecule is CC/C=C\C(C)=Nc1cccc(C(F)(F)F)c1. The predicted molar refractivity (Wildman–Crippen MR) is 63.6 cm³/mol. The Bertz CT molecular complexity index is 431. The largest absolute Gasteiger partial charge is 0.416 e. The van der Waals surface area contributed by atoms with Crippen LogP contribution in [-0.2, 0) is 6.18 Å². The van der Waals surface area contributed by atoms with Gasteiger partial charge in [-0.1, -0.05) is 19.1 Å². The van der Waals surface area contributed by atoms with Crippen LogP contribution in [-0.4, -0.2) is 5.71 Å². The maximum absolute atomic E-state index is 12.4. The highest BCUT2D eigenvalue weighted by molar-refractivity contribution is 5.94. The zero-order chi connectivity index (χ0) is 12.9. The van der Waals surface area contributed by atoms with E-state index in [-0.39, 0.29) is 0 Å². The molecule has 0 aliphatic rings. The van der Waals surface area contributed by atoms with Crippen LogP contribution in [0.25, 0.3) is 0 Å². The summed E-state index contributed by atoms with van der Waals surface area (Å²) in [4.78, 5) is 4.10. The van der Waals surface area contributed by atoms with E-state index in [9.17, 15) is 13.2 Å². The van der Waals surface area contributed by atoms with E-state index in [0.29, 0.717) is 11.4 Å². The Labute approximate surface area is 98.7 Å². The molecule has 1 aromatic carbocycles. The van der Waals surface area contributed by atoms with E-state index < -0.39 is 11.7 Å². The minimum Gasteiger partial charge on any atom is -0.254 e. The third kappa shape index (κ3) is 4.43. The van der Waals surface area contributed by atoms with Gasteiger partial charge >= 0.3 is 6.18 Å². The first-order valence-electron chi connectivity index (χ1n) is 5.32. The Morgan fingerprint density at radius 3 is 2.65 bits per heavy atom. The van der Waals surface area contributed by atoms with Crippen molar-refractivity contribution in [3.8, 4) is 0 Å². The van der Waals surface area contributed by atoms with Crippen molar-refractivity contribution in [1.29, 1.82) is 0 Å². The van der Waals surface area contributed by atoms with E-state index in [1.165, 1.54) is 6.07 Å². The van der Waals surface area contributed by atoms with E-state index in [1.54, 1.807) is 19.1 Å². The first kappa shape index (κ1) is 13.5. The lowest BCUT2D eigenvalue weighted by molar-refractivity contribution is -0.137. The zero-order valence-corrected chi connectivity index (χ0v) is 9.75. The standard InChI is InChI=1S/C13H14F3N/c1-3-4-6-10(2)17-12-8-5-7-11(9-12)13(14,15)16/h4-9H,3H2,1-2H3/b6-4-,17-10?. The topological polar surface area (TPSA) is 12.4 Å². The van der Waals surface area contributed by atoms with E-state index in [0.717, 1.165) is 18.6 Å². The number of hydrogen-bond donors (Lipinski definition) is 0. The highest BCUT2D eigenvalue weighted by atomic mass is 19.4. The van der Waals surface area contributed by atoms with Crippen LogP contribution in [0.1, 0.15) is 25.8 Å². The van der Waals surface area contributed by atoms with Crippen LogP contribution in [0, 0.1) is 0 Å². The van der Waals surface area contributed by atoms with Crippen LogP contribution < -0.4 is 0 Å². The summed E-state index contributed by atoms with van der Waals surface area (Å²) in [6.07, 6.45) is 0.251. The second-order valence-electron chi connectivity index (χ2n) is 3.61. The van der Waals surface area contributed by atoms with Crippen molar-refractivity contribution < 1.29 is 13.2 Å². The van der Waals surface area contributed by atoms with Gasteiger partial charge in [0.2, 0.25) is 0 Å². The van der Waals surface area contributed by atoms with Gasteiger partial charge in [-0.15, -0.1) is 0 Å². The molecule has 0 saturated carbocycles. The van der Waals surface area contributed by atoms with E-state index >= 15 is 0 Å². The first-order valence-corrected chi connectivity index (χ1v) is 5.32. The summed E-state index contributed by atoms with van der Waals surface area (Å²) in [5.41, 5.74) is 0.329. The van der Waals surface area contributed by atoms with Crippen molar-refractivity contribution in [2.24, 2.45) is 4.99 Å². The number of alkyl halides is 3. The summed E-state index contributed by atoms with van der Waals surface area (Å²) >= 11 is 0. The van der Waals surface area contributed by atoms with Crippen LogP contribution in [0.2, 0.25) is 0 Å². The maximum Gasteiger partial charge on any atom is 0.416 e. The molecule has 1 nitrogen and oxygen atoms in total. The van der Waals surface area contributed by atoms with Gasteiger partial charge in [-0.25, -0.2) is 0 Å². The van der Waals surface area contributed by atoms with Gasteiger partial charge in [0.1, 0.15) is 0 Å².